The third-order valence-corrected chi connectivity index (χ3v) is 2.60. The molecule has 0 radical (unpaired) electrons. The average molecular weight is 264 g/mol. The van der Waals surface area contributed by atoms with Crippen LogP contribution >= 0.6 is 0 Å². The second kappa shape index (κ2) is 6.89. The van der Waals surface area contributed by atoms with Gasteiger partial charge in [0, 0.05) is 19.3 Å². The molecule has 2 heterocycles. The predicted octanol–water partition coefficient (Wildman–Crippen LogP) is 0.683. The Hall–Kier alpha value is -1.89. The summed E-state index contributed by atoms with van der Waals surface area (Å²) in [5.74, 6) is 0.795. The number of ether oxygens (including phenoxy) is 1. The molecule has 2 rings (SSSR count). The van der Waals surface area contributed by atoms with Crippen LogP contribution in [0.25, 0.3) is 0 Å². The molecule has 0 bridgehead atoms. The minimum atomic E-state index is 0.556. The largest absolute Gasteiger partial charge is 0.488 e. The molecule has 0 aliphatic rings. The quantitative estimate of drug-likeness (QED) is 0.759. The van der Waals surface area contributed by atoms with Crippen molar-refractivity contribution in [2.45, 2.75) is 33.0 Å². The van der Waals surface area contributed by atoms with Gasteiger partial charge >= 0.3 is 0 Å². The third kappa shape index (κ3) is 4.06. The summed E-state index contributed by atoms with van der Waals surface area (Å²) in [7, 11) is 1.89. The first-order valence-corrected chi connectivity index (χ1v) is 6.50. The van der Waals surface area contributed by atoms with E-state index in [-0.39, 0.29) is 0 Å². The van der Waals surface area contributed by atoms with Crippen molar-refractivity contribution in [1.29, 1.82) is 0 Å². The molecular formula is C12H20N6O. The number of nitrogens with zero attached hydrogens (tertiary/aromatic N) is 5. The Morgan fingerprint density at radius 1 is 1.26 bits per heavy atom. The zero-order chi connectivity index (χ0) is 13.5. The van der Waals surface area contributed by atoms with Crippen molar-refractivity contribution in [3.8, 4) is 5.75 Å². The van der Waals surface area contributed by atoms with E-state index in [9.17, 15) is 0 Å². The van der Waals surface area contributed by atoms with E-state index < -0.39 is 0 Å². The summed E-state index contributed by atoms with van der Waals surface area (Å²) in [6, 6.07) is 0. The molecule has 0 saturated heterocycles. The summed E-state index contributed by atoms with van der Waals surface area (Å²) >= 11 is 0. The first kappa shape index (κ1) is 13.5. The highest BCUT2D eigenvalue weighted by Crippen LogP contribution is 2.08. The monoisotopic (exact) mass is 264 g/mol. The molecule has 7 nitrogen and oxygen atoms in total. The molecule has 0 aromatic carbocycles. The molecule has 0 unspecified atom stereocenters. The fourth-order valence-electron chi connectivity index (χ4n) is 1.74. The van der Waals surface area contributed by atoms with E-state index in [1.165, 1.54) is 0 Å². The van der Waals surface area contributed by atoms with E-state index in [4.69, 9.17) is 4.74 Å². The fourth-order valence-corrected chi connectivity index (χ4v) is 1.74. The van der Waals surface area contributed by atoms with E-state index >= 15 is 0 Å². The van der Waals surface area contributed by atoms with E-state index in [1.807, 2.05) is 24.1 Å². The second-order valence-electron chi connectivity index (χ2n) is 4.29. The zero-order valence-electron chi connectivity index (χ0n) is 11.4. The smallest absolute Gasteiger partial charge is 0.157 e. The molecule has 2 aromatic heterocycles. The molecule has 0 aliphatic carbocycles. The lowest BCUT2D eigenvalue weighted by Gasteiger charge is -2.02. The van der Waals surface area contributed by atoms with Crippen molar-refractivity contribution < 1.29 is 4.74 Å². The van der Waals surface area contributed by atoms with Crippen LogP contribution in [0.3, 0.4) is 0 Å². The number of aromatic nitrogens is 5. The Morgan fingerprint density at radius 2 is 2.16 bits per heavy atom. The maximum Gasteiger partial charge on any atom is 0.157 e. The minimum absolute atomic E-state index is 0.556. The Morgan fingerprint density at radius 3 is 2.95 bits per heavy atom. The second-order valence-corrected chi connectivity index (χ2v) is 4.29. The van der Waals surface area contributed by atoms with Crippen molar-refractivity contribution in [3.63, 3.8) is 0 Å². The molecule has 19 heavy (non-hydrogen) atoms. The molecule has 104 valence electrons. The Labute approximate surface area is 112 Å². The molecule has 1 N–H and O–H groups in total. The zero-order valence-corrected chi connectivity index (χ0v) is 11.4. The third-order valence-electron chi connectivity index (χ3n) is 2.60. The number of rotatable bonds is 8. The standard InChI is InChI=1S/C12H20N6O/c1-3-4-17-10-12(8-14-17)19-6-5-18-9-11(7-13-2)15-16-18/h8-10,13H,3-7H2,1-2H3. The van der Waals surface area contributed by atoms with Crippen molar-refractivity contribution >= 4 is 0 Å². The van der Waals surface area contributed by atoms with Gasteiger partial charge in [0.05, 0.1) is 24.6 Å². The van der Waals surface area contributed by atoms with Crippen LogP contribution in [0.2, 0.25) is 0 Å². The van der Waals surface area contributed by atoms with Crippen LogP contribution in [0.4, 0.5) is 0 Å². The Kier molecular flexibility index (Phi) is 4.91. The summed E-state index contributed by atoms with van der Waals surface area (Å²) in [6.07, 6.45) is 6.63. The number of hydrogen-bond donors (Lipinski definition) is 1. The summed E-state index contributed by atoms with van der Waals surface area (Å²) in [5.41, 5.74) is 0.929. The lowest BCUT2D eigenvalue weighted by molar-refractivity contribution is 0.289. The van der Waals surface area contributed by atoms with Gasteiger partial charge in [-0.2, -0.15) is 5.10 Å². The van der Waals surface area contributed by atoms with Crippen LogP contribution in [-0.4, -0.2) is 38.4 Å². The lowest BCUT2D eigenvalue weighted by Crippen LogP contribution is -2.08. The SMILES string of the molecule is CCCn1cc(OCCn2cc(CNC)nn2)cn1. The average Bonchev–Trinajstić information content (AvgIpc) is 3.01. The summed E-state index contributed by atoms with van der Waals surface area (Å²) in [5, 5.41) is 15.3. The normalized spacial score (nSPS) is 10.8. The molecule has 0 amide bonds. The highest BCUT2D eigenvalue weighted by Gasteiger charge is 2.01. The molecule has 7 heteroatoms. The number of aryl methyl sites for hydroxylation is 1. The van der Waals surface area contributed by atoms with Crippen LogP contribution in [-0.2, 0) is 19.6 Å². The molecule has 0 fully saturated rings. The van der Waals surface area contributed by atoms with Gasteiger partial charge in [-0.1, -0.05) is 12.1 Å². The first-order valence-electron chi connectivity index (χ1n) is 6.50. The lowest BCUT2D eigenvalue weighted by atomic mass is 10.5. The molecule has 2 aromatic rings. The van der Waals surface area contributed by atoms with E-state index in [1.54, 1.807) is 10.9 Å². The Bertz CT molecular complexity index is 448. The molecular weight excluding hydrogens is 244 g/mol. The van der Waals surface area contributed by atoms with E-state index in [0.717, 1.165) is 31.0 Å². The van der Waals surface area contributed by atoms with Crippen LogP contribution in [0, 0.1) is 0 Å². The Balaban J connectivity index is 1.75. The van der Waals surface area contributed by atoms with Crippen LogP contribution in [0.15, 0.2) is 18.6 Å². The fraction of sp³-hybridized carbons (Fsp3) is 0.583. The highest BCUT2D eigenvalue weighted by molar-refractivity contribution is 5.11. The van der Waals surface area contributed by atoms with Crippen molar-refractivity contribution in [1.82, 2.24) is 30.1 Å². The van der Waals surface area contributed by atoms with Crippen LogP contribution in [0.5, 0.6) is 5.75 Å². The minimum Gasteiger partial charge on any atom is -0.488 e. The number of hydrogen-bond acceptors (Lipinski definition) is 5. The van der Waals surface area contributed by atoms with Gasteiger partial charge in [0.25, 0.3) is 0 Å². The first-order chi connectivity index (χ1) is 9.31. The van der Waals surface area contributed by atoms with Gasteiger partial charge in [-0.15, -0.1) is 5.10 Å². The van der Waals surface area contributed by atoms with Gasteiger partial charge in [-0.25, -0.2) is 4.68 Å². The van der Waals surface area contributed by atoms with Gasteiger partial charge in [0.15, 0.2) is 5.75 Å². The summed E-state index contributed by atoms with van der Waals surface area (Å²) in [6.45, 7) is 5.00. The van der Waals surface area contributed by atoms with Crippen LogP contribution < -0.4 is 10.1 Å². The molecule has 0 spiro atoms. The molecule has 0 saturated carbocycles. The van der Waals surface area contributed by atoms with Crippen LogP contribution in [0.1, 0.15) is 19.0 Å². The summed E-state index contributed by atoms with van der Waals surface area (Å²) < 4.78 is 9.28. The topological polar surface area (TPSA) is 69.8 Å². The van der Waals surface area contributed by atoms with Gasteiger partial charge in [0.2, 0.25) is 0 Å². The van der Waals surface area contributed by atoms with E-state index in [2.05, 4.69) is 27.7 Å². The maximum absolute atomic E-state index is 5.62. The summed E-state index contributed by atoms with van der Waals surface area (Å²) in [4.78, 5) is 0. The molecule has 0 atom stereocenters. The van der Waals surface area contributed by atoms with Gasteiger partial charge in [0.1, 0.15) is 6.61 Å². The van der Waals surface area contributed by atoms with Gasteiger partial charge < -0.3 is 10.1 Å². The molecule has 0 aliphatic heterocycles. The van der Waals surface area contributed by atoms with Gasteiger partial charge in [-0.3, -0.25) is 4.68 Å². The predicted molar refractivity (Wildman–Crippen MR) is 70.8 cm³/mol. The highest BCUT2D eigenvalue weighted by atomic mass is 16.5. The van der Waals surface area contributed by atoms with Crippen molar-refractivity contribution in [2.75, 3.05) is 13.7 Å². The van der Waals surface area contributed by atoms with Gasteiger partial charge in [-0.05, 0) is 13.5 Å². The van der Waals surface area contributed by atoms with E-state index in [0.29, 0.717) is 13.2 Å². The van der Waals surface area contributed by atoms with Crippen molar-refractivity contribution in [2.24, 2.45) is 0 Å². The number of nitrogens with one attached hydrogen (secondary N) is 1. The van der Waals surface area contributed by atoms with Crippen molar-refractivity contribution in [3.05, 3.63) is 24.3 Å². The maximum atomic E-state index is 5.62.